The van der Waals surface area contributed by atoms with E-state index in [1.165, 1.54) is 12.0 Å². The van der Waals surface area contributed by atoms with Crippen molar-refractivity contribution in [2.24, 2.45) is 0 Å². The molecule has 3 heteroatoms. The van der Waals surface area contributed by atoms with Crippen LogP contribution in [0.15, 0.2) is 24.3 Å². The van der Waals surface area contributed by atoms with E-state index in [0.717, 1.165) is 25.4 Å². The third kappa shape index (κ3) is 5.52. The van der Waals surface area contributed by atoms with Crippen LogP contribution in [-0.2, 0) is 6.54 Å². The van der Waals surface area contributed by atoms with Gasteiger partial charge in [0.25, 0.3) is 0 Å². The highest BCUT2D eigenvalue weighted by Crippen LogP contribution is 2.12. The van der Waals surface area contributed by atoms with Crippen molar-refractivity contribution in [2.75, 3.05) is 27.2 Å². The average molecular weight is 250 g/mol. The fraction of sp³-hybridized carbons (Fsp3) is 0.600. The van der Waals surface area contributed by atoms with Crippen LogP contribution in [0.3, 0.4) is 0 Å². The maximum absolute atomic E-state index is 5.16. The maximum atomic E-state index is 5.16. The number of nitrogens with zero attached hydrogens (tertiary/aromatic N) is 1. The summed E-state index contributed by atoms with van der Waals surface area (Å²) in [6.45, 7) is 7.56. The van der Waals surface area contributed by atoms with Gasteiger partial charge in [-0.1, -0.05) is 19.1 Å². The lowest BCUT2D eigenvalue weighted by Crippen LogP contribution is -2.37. The molecule has 0 aliphatic rings. The zero-order valence-electron chi connectivity index (χ0n) is 12.1. The third-order valence-electron chi connectivity index (χ3n) is 2.94. The van der Waals surface area contributed by atoms with Gasteiger partial charge in [0.1, 0.15) is 5.75 Å². The highest BCUT2D eigenvalue weighted by atomic mass is 16.5. The lowest BCUT2D eigenvalue weighted by Gasteiger charge is -2.22. The van der Waals surface area contributed by atoms with Crippen molar-refractivity contribution in [3.05, 3.63) is 29.8 Å². The van der Waals surface area contributed by atoms with E-state index >= 15 is 0 Å². The first kappa shape index (κ1) is 15.0. The second-order valence-corrected chi connectivity index (χ2v) is 4.90. The molecular weight excluding hydrogens is 224 g/mol. The molecule has 1 aromatic carbocycles. The Balaban J connectivity index is 2.36. The summed E-state index contributed by atoms with van der Waals surface area (Å²) in [6.07, 6.45) is 1.19. The van der Waals surface area contributed by atoms with Gasteiger partial charge < -0.3 is 15.0 Å². The maximum Gasteiger partial charge on any atom is 0.118 e. The predicted molar refractivity (Wildman–Crippen MR) is 77.1 cm³/mol. The highest BCUT2D eigenvalue weighted by molar-refractivity contribution is 5.27. The van der Waals surface area contributed by atoms with Crippen LogP contribution < -0.4 is 10.1 Å². The summed E-state index contributed by atoms with van der Waals surface area (Å²) in [5.74, 6) is 0.916. The Morgan fingerprint density at radius 2 is 1.94 bits per heavy atom. The molecule has 102 valence electrons. The van der Waals surface area contributed by atoms with Gasteiger partial charge >= 0.3 is 0 Å². The number of methoxy groups -OCH3 is 1. The van der Waals surface area contributed by atoms with E-state index in [1.807, 2.05) is 12.1 Å². The molecule has 1 atom stereocenters. The van der Waals surface area contributed by atoms with Crippen molar-refractivity contribution in [3.8, 4) is 5.75 Å². The monoisotopic (exact) mass is 250 g/mol. The minimum absolute atomic E-state index is 0.535. The number of nitrogens with one attached hydrogen (secondary N) is 1. The molecule has 0 aliphatic heterocycles. The van der Waals surface area contributed by atoms with Crippen molar-refractivity contribution < 1.29 is 4.74 Å². The van der Waals surface area contributed by atoms with E-state index in [1.54, 1.807) is 7.11 Å². The van der Waals surface area contributed by atoms with Gasteiger partial charge in [-0.2, -0.15) is 0 Å². The standard InChI is InChI=1S/C15H26N2O/c1-5-10-16-13(2)11-17(3)12-14-6-8-15(18-4)9-7-14/h6-9,13,16H,5,10-12H2,1-4H3. The second-order valence-electron chi connectivity index (χ2n) is 4.90. The van der Waals surface area contributed by atoms with E-state index < -0.39 is 0 Å². The summed E-state index contributed by atoms with van der Waals surface area (Å²) in [5, 5.41) is 3.51. The van der Waals surface area contributed by atoms with Gasteiger partial charge in [0.05, 0.1) is 7.11 Å². The van der Waals surface area contributed by atoms with Gasteiger partial charge in [0.2, 0.25) is 0 Å². The fourth-order valence-corrected chi connectivity index (χ4v) is 2.03. The molecule has 1 N–H and O–H groups in total. The molecular formula is C15H26N2O. The lowest BCUT2D eigenvalue weighted by molar-refractivity contribution is 0.289. The summed E-state index contributed by atoms with van der Waals surface area (Å²) in [7, 11) is 3.86. The topological polar surface area (TPSA) is 24.5 Å². The summed E-state index contributed by atoms with van der Waals surface area (Å²) in [6, 6.07) is 8.82. The van der Waals surface area contributed by atoms with Gasteiger partial charge in [-0.15, -0.1) is 0 Å². The summed E-state index contributed by atoms with van der Waals surface area (Å²) >= 11 is 0. The number of ether oxygens (including phenoxy) is 1. The summed E-state index contributed by atoms with van der Waals surface area (Å²) < 4.78 is 5.16. The fourth-order valence-electron chi connectivity index (χ4n) is 2.03. The van der Waals surface area contributed by atoms with Crippen molar-refractivity contribution in [2.45, 2.75) is 32.9 Å². The Morgan fingerprint density at radius 1 is 1.28 bits per heavy atom. The first-order chi connectivity index (χ1) is 8.65. The van der Waals surface area contributed by atoms with Crippen LogP contribution in [0.4, 0.5) is 0 Å². The molecule has 0 saturated carbocycles. The molecule has 0 saturated heterocycles. The molecule has 0 fully saturated rings. The molecule has 1 aromatic rings. The molecule has 1 unspecified atom stereocenters. The lowest BCUT2D eigenvalue weighted by atomic mass is 10.2. The first-order valence-corrected chi connectivity index (χ1v) is 6.70. The third-order valence-corrected chi connectivity index (χ3v) is 2.94. The summed E-state index contributed by atoms with van der Waals surface area (Å²) in [5.41, 5.74) is 1.32. The first-order valence-electron chi connectivity index (χ1n) is 6.70. The van der Waals surface area contributed by atoms with Crippen LogP contribution >= 0.6 is 0 Å². The molecule has 0 aliphatic carbocycles. The Bertz CT molecular complexity index is 324. The molecule has 3 nitrogen and oxygen atoms in total. The van der Waals surface area contributed by atoms with Crippen LogP contribution in [0.1, 0.15) is 25.8 Å². The molecule has 0 amide bonds. The molecule has 0 spiro atoms. The highest BCUT2D eigenvalue weighted by Gasteiger charge is 2.06. The van der Waals surface area contributed by atoms with Gasteiger partial charge in [0.15, 0.2) is 0 Å². The number of hydrogen-bond donors (Lipinski definition) is 1. The van der Waals surface area contributed by atoms with Crippen molar-refractivity contribution in [1.29, 1.82) is 0 Å². The van der Waals surface area contributed by atoms with Crippen molar-refractivity contribution in [1.82, 2.24) is 10.2 Å². The zero-order valence-corrected chi connectivity index (χ0v) is 12.1. The number of hydrogen-bond acceptors (Lipinski definition) is 3. The van der Waals surface area contributed by atoms with Gasteiger partial charge in [-0.3, -0.25) is 0 Å². The number of likely N-dealkylation sites (N-methyl/N-ethyl adjacent to an activating group) is 1. The SMILES string of the molecule is CCCNC(C)CN(C)Cc1ccc(OC)cc1. The quantitative estimate of drug-likeness (QED) is 0.767. The molecule has 0 bridgehead atoms. The Kier molecular flexibility index (Phi) is 6.76. The van der Waals surface area contributed by atoms with Crippen molar-refractivity contribution >= 4 is 0 Å². The minimum Gasteiger partial charge on any atom is -0.497 e. The Hall–Kier alpha value is -1.06. The Labute approximate surface area is 111 Å². The van der Waals surface area contributed by atoms with E-state index in [-0.39, 0.29) is 0 Å². The second kappa shape index (κ2) is 8.11. The minimum atomic E-state index is 0.535. The normalized spacial score (nSPS) is 12.7. The summed E-state index contributed by atoms with van der Waals surface area (Å²) in [4.78, 5) is 2.34. The van der Waals surface area contributed by atoms with Crippen LogP contribution in [0, 0.1) is 0 Å². The van der Waals surface area contributed by atoms with E-state index in [4.69, 9.17) is 4.74 Å². The Morgan fingerprint density at radius 3 is 2.50 bits per heavy atom. The van der Waals surface area contributed by atoms with E-state index in [0.29, 0.717) is 6.04 Å². The molecule has 0 aromatic heterocycles. The van der Waals surface area contributed by atoms with Crippen LogP contribution in [0.25, 0.3) is 0 Å². The molecule has 1 rings (SSSR count). The van der Waals surface area contributed by atoms with E-state index in [2.05, 4.69) is 43.2 Å². The molecule has 0 heterocycles. The van der Waals surface area contributed by atoms with Gasteiger partial charge in [-0.05, 0) is 44.6 Å². The number of benzene rings is 1. The van der Waals surface area contributed by atoms with Gasteiger partial charge in [0, 0.05) is 19.1 Å². The van der Waals surface area contributed by atoms with Crippen LogP contribution in [0.5, 0.6) is 5.75 Å². The molecule has 18 heavy (non-hydrogen) atoms. The number of rotatable bonds is 8. The van der Waals surface area contributed by atoms with Crippen molar-refractivity contribution in [3.63, 3.8) is 0 Å². The predicted octanol–water partition coefficient (Wildman–Crippen LogP) is 2.52. The van der Waals surface area contributed by atoms with Crippen LogP contribution in [0.2, 0.25) is 0 Å². The van der Waals surface area contributed by atoms with Gasteiger partial charge in [-0.25, -0.2) is 0 Å². The smallest absolute Gasteiger partial charge is 0.118 e. The largest absolute Gasteiger partial charge is 0.497 e. The average Bonchev–Trinajstić information content (AvgIpc) is 2.37. The van der Waals surface area contributed by atoms with Crippen LogP contribution in [-0.4, -0.2) is 38.2 Å². The van der Waals surface area contributed by atoms with E-state index in [9.17, 15) is 0 Å². The molecule has 0 radical (unpaired) electrons. The zero-order chi connectivity index (χ0) is 13.4.